The van der Waals surface area contributed by atoms with Crippen LogP contribution in [0.25, 0.3) is 0 Å². The van der Waals surface area contributed by atoms with Crippen molar-refractivity contribution in [1.82, 2.24) is 14.7 Å². The summed E-state index contributed by atoms with van der Waals surface area (Å²) in [6, 6.07) is 5.87. The van der Waals surface area contributed by atoms with Crippen molar-refractivity contribution in [3.8, 4) is 0 Å². The Bertz CT molecular complexity index is 871. The fourth-order valence-electron chi connectivity index (χ4n) is 3.71. The van der Waals surface area contributed by atoms with Crippen LogP contribution in [0.3, 0.4) is 0 Å². The number of sulfone groups is 1. The smallest absolute Gasteiger partial charge is 0.179 e. The van der Waals surface area contributed by atoms with E-state index < -0.39 is 9.84 Å². The monoisotopic (exact) mass is 361 g/mol. The zero-order valence-electron chi connectivity index (χ0n) is 15.5. The first-order chi connectivity index (χ1) is 11.8. The number of rotatable bonds is 5. The second-order valence-electron chi connectivity index (χ2n) is 7.15. The van der Waals surface area contributed by atoms with Gasteiger partial charge in [0.2, 0.25) is 0 Å². The summed E-state index contributed by atoms with van der Waals surface area (Å²) in [5.74, 6) is 0.139. The van der Waals surface area contributed by atoms with Gasteiger partial charge >= 0.3 is 0 Å². The highest BCUT2D eigenvalue weighted by atomic mass is 32.2. The minimum atomic E-state index is -3.28. The third-order valence-electron chi connectivity index (χ3n) is 5.27. The van der Waals surface area contributed by atoms with E-state index in [-0.39, 0.29) is 11.8 Å². The van der Waals surface area contributed by atoms with Gasteiger partial charge in [0.25, 0.3) is 0 Å². The Morgan fingerprint density at radius 1 is 1.32 bits per heavy atom. The van der Waals surface area contributed by atoms with Crippen molar-refractivity contribution in [2.24, 2.45) is 7.05 Å². The van der Waals surface area contributed by atoms with Crippen LogP contribution >= 0.6 is 0 Å². The molecule has 1 heterocycles. The van der Waals surface area contributed by atoms with Crippen LogP contribution in [-0.2, 0) is 23.3 Å². The lowest BCUT2D eigenvalue weighted by atomic mass is 9.92. The Hall–Kier alpha value is -1.66. The fourth-order valence-corrected chi connectivity index (χ4v) is 5.39. The van der Waals surface area contributed by atoms with Crippen LogP contribution in [-0.4, -0.2) is 42.4 Å². The lowest BCUT2D eigenvalue weighted by Crippen LogP contribution is -2.32. The molecule has 6 heteroatoms. The summed E-state index contributed by atoms with van der Waals surface area (Å²) in [5, 5.41) is 4.38. The highest BCUT2D eigenvalue weighted by Crippen LogP contribution is 2.33. The predicted molar refractivity (Wildman–Crippen MR) is 99.5 cm³/mol. The Balaban J connectivity index is 1.74. The van der Waals surface area contributed by atoms with Crippen molar-refractivity contribution in [2.75, 3.05) is 19.3 Å². The van der Waals surface area contributed by atoms with Gasteiger partial charge in [-0.25, -0.2) is 8.42 Å². The minimum Gasteiger partial charge on any atom is -0.298 e. The molecule has 0 N–H and O–H groups in total. The summed E-state index contributed by atoms with van der Waals surface area (Å²) >= 11 is 0. The van der Waals surface area contributed by atoms with Crippen LogP contribution in [0, 0.1) is 13.8 Å². The molecular weight excluding hydrogens is 334 g/mol. The molecule has 1 aliphatic rings. The first-order valence-corrected chi connectivity index (χ1v) is 10.5. The Kier molecular flexibility index (Phi) is 5.02. The van der Waals surface area contributed by atoms with Crippen LogP contribution in [0.1, 0.15) is 41.3 Å². The van der Waals surface area contributed by atoms with E-state index >= 15 is 0 Å². The maximum atomic E-state index is 12.8. The van der Waals surface area contributed by atoms with Crippen molar-refractivity contribution in [3.05, 3.63) is 46.8 Å². The van der Waals surface area contributed by atoms with Crippen molar-refractivity contribution < 1.29 is 8.42 Å². The first kappa shape index (κ1) is 18.1. The van der Waals surface area contributed by atoms with Gasteiger partial charge in [-0.15, -0.1) is 0 Å². The van der Waals surface area contributed by atoms with E-state index in [1.54, 1.807) is 6.07 Å². The van der Waals surface area contributed by atoms with Gasteiger partial charge < -0.3 is 0 Å². The lowest BCUT2D eigenvalue weighted by Gasteiger charge is -2.31. The molecular formula is C19H27N3O2S. The van der Waals surface area contributed by atoms with E-state index in [1.807, 2.05) is 51.0 Å². The fraction of sp³-hybridized carbons (Fsp3) is 0.526. The van der Waals surface area contributed by atoms with Crippen molar-refractivity contribution in [2.45, 2.75) is 44.0 Å². The molecule has 25 heavy (non-hydrogen) atoms. The summed E-state index contributed by atoms with van der Waals surface area (Å²) < 4.78 is 27.5. The summed E-state index contributed by atoms with van der Waals surface area (Å²) in [4.78, 5) is 2.63. The van der Waals surface area contributed by atoms with Gasteiger partial charge in [0, 0.05) is 30.9 Å². The van der Waals surface area contributed by atoms with Crippen LogP contribution in [0.5, 0.6) is 0 Å². The maximum Gasteiger partial charge on any atom is 0.179 e. The zero-order chi connectivity index (χ0) is 18.2. The van der Waals surface area contributed by atoms with Crippen molar-refractivity contribution in [1.29, 1.82) is 0 Å². The van der Waals surface area contributed by atoms with E-state index in [0.717, 1.165) is 30.4 Å². The summed E-state index contributed by atoms with van der Waals surface area (Å²) in [7, 11) is 0.716. The number of aromatic nitrogens is 2. The molecule has 2 aromatic rings. The molecule has 3 rings (SSSR count). The molecule has 5 nitrogen and oxygen atoms in total. The predicted octanol–water partition coefficient (Wildman–Crippen LogP) is 2.82. The molecule has 136 valence electrons. The molecule has 0 aliphatic heterocycles. The molecule has 0 amide bonds. The quantitative estimate of drug-likeness (QED) is 0.822. The third kappa shape index (κ3) is 3.65. The highest BCUT2D eigenvalue weighted by molar-refractivity contribution is 7.91. The molecule has 1 aliphatic carbocycles. The number of hydrogen-bond donors (Lipinski definition) is 0. The van der Waals surface area contributed by atoms with Gasteiger partial charge in [-0.3, -0.25) is 9.58 Å². The third-order valence-corrected chi connectivity index (χ3v) is 7.10. The van der Waals surface area contributed by atoms with Gasteiger partial charge in [-0.2, -0.15) is 5.10 Å². The molecule has 1 aromatic heterocycles. The topological polar surface area (TPSA) is 55.2 Å². The van der Waals surface area contributed by atoms with Gasteiger partial charge in [-0.1, -0.05) is 12.1 Å². The van der Waals surface area contributed by atoms with Crippen LogP contribution in [0.2, 0.25) is 0 Å². The number of fused-ring (bicyclic) bond motifs is 1. The van der Waals surface area contributed by atoms with E-state index in [1.165, 1.54) is 11.3 Å². The largest absolute Gasteiger partial charge is 0.298 e. The summed E-state index contributed by atoms with van der Waals surface area (Å²) in [6.45, 7) is 4.31. The SMILES string of the molecule is Cc1ccc(C)c(S(=O)(=O)CCN(C)[C@@H]2CCCc3c2cnn3C)c1. The van der Waals surface area contributed by atoms with E-state index in [0.29, 0.717) is 11.4 Å². The van der Waals surface area contributed by atoms with Crippen LogP contribution in [0.15, 0.2) is 29.3 Å². The van der Waals surface area contributed by atoms with Crippen LogP contribution in [0.4, 0.5) is 0 Å². The first-order valence-electron chi connectivity index (χ1n) is 8.80. The van der Waals surface area contributed by atoms with Gasteiger partial charge in [0.15, 0.2) is 9.84 Å². The molecule has 0 unspecified atom stereocenters. The average Bonchev–Trinajstić information content (AvgIpc) is 2.96. The molecule has 1 atom stereocenters. The van der Waals surface area contributed by atoms with Gasteiger partial charge in [0.1, 0.15) is 0 Å². The van der Waals surface area contributed by atoms with E-state index in [9.17, 15) is 8.42 Å². The van der Waals surface area contributed by atoms with Gasteiger partial charge in [0.05, 0.1) is 16.8 Å². The van der Waals surface area contributed by atoms with E-state index in [4.69, 9.17) is 0 Å². The van der Waals surface area contributed by atoms with Crippen molar-refractivity contribution in [3.63, 3.8) is 0 Å². The number of hydrogen-bond acceptors (Lipinski definition) is 4. The molecule has 0 bridgehead atoms. The second-order valence-corrected chi connectivity index (χ2v) is 9.22. The standard InChI is InChI=1S/C19H27N3O2S/c1-14-8-9-15(2)19(12-14)25(23,24)11-10-21(3)17-6-5-7-18-16(17)13-20-22(18)4/h8-9,12-13,17H,5-7,10-11H2,1-4H3/t17-/m1/s1. The van der Waals surface area contributed by atoms with Crippen molar-refractivity contribution >= 4 is 9.84 Å². The Morgan fingerprint density at radius 2 is 2.08 bits per heavy atom. The molecule has 1 aromatic carbocycles. The number of nitrogens with zero attached hydrogens (tertiary/aromatic N) is 3. The molecule has 0 saturated heterocycles. The second kappa shape index (κ2) is 6.92. The minimum absolute atomic E-state index is 0.139. The molecule has 0 radical (unpaired) electrons. The molecule has 0 spiro atoms. The number of benzene rings is 1. The number of aryl methyl sites for hydroxylation is 3. The molecule has 0 saturated carbocycles. The van der Waals surface area contributed by atoms with Crippen LogP contribution < -0.4 is 0 Å². The normalized spacial score (nSPS) is 17.7. The Morgan fingerprint density at radius 3 is 2.84 bits per heavy atom. The Labute approximate surface area is 150 Å². The van der Waals surface area contributed by atoms with Gasteiger partial charge in [-0.05, 0) is 57.4 Å². The summed E-state index contributed by atoms with van der Waals surface area (Å²) in [5.41, 5.74) is 4.33. The lowest BCUT2D eigenvalue weighted by molar-refractivity contribution is 0.232. The maximum absolute atomic E-state index is 12.8. The van der Waals surface area contributed by atoms with E-state index in [2.05, 4.69) is 10.00 Å². The highest BCUT2D eigenvalue weighted by Gasteiger charge is 2.27. The molecule has 0 fully saturated rings. The average molecular weight is 362 g/mol. The summed E-state index contributed by atoms with van der Waals surface area (Å²) in [6.07, 6.45) is 5.16. The zero-order valence-corrected chi connectivity index (χ0v) is 16.3.